The molecule has 0 amide bonds. The minimum absolute atomic E-state index is 0.0397. The molecule has 0 aliphatic heterocycles. The van der Waals surface area contributed by atoms with Gasteiger partial charge in [0.2, 0.25) is 0 Å². The van der Waals surface area contributed by atoms with Crippen molar-refractivity contribution in [1.29, 1.82) is 0 Å². The SMILES string of the molecule is CC(C)(C)[Si](C)(C)OCCOCCOCCOCCOc1ccc([N+](=O)[O-])cc1. The second kappa shape index (κ2) is 12.9. The number of hydrogen-bond acceptors (Lipinski definition) is 7. The monoisotopic (exact) mass is 429 g/mol. The largest absolute Gasteiger partial charge is 0.491 e. The maximum Gasteiger partial charge on any atom is 0.269 e. The molecule has 1 rings (SSSR count). The number of nitro benzene ring substituents is 1. The van der Waals surface area contributed by atoms with E-state index in [0.717, 1.165) is 0 Å². The van der Waals surface area contributed by atoms with Gasteiger partial charge in [0.05, 0.1) is 51.2 Å². The quantitative estimate of drug-likeness (QED) is 0.180. The van der Waals surface area contributed by atoms with E-state index in [1.165, 1.54) is 12.1 Å². The molecule has 0 N–H and O–H groups in total. The Balaban J connectivity index is 1.91. The Kier molecular flexibility index (Phi) is 11.4. The molecule has 0 saturated carbocycles. The molecule has 0 atom stereocenters. The van der Waals surface area contributed by atoms with E-state index in [1.807, 2.05) is 0 Å². The van der Waals surface area contributed by atoms with Crippen LogP contribution in [0.25, 0.3) is 0 Å². The van der Waals surface area contributed by atoms with Gasteiger partial charge in [-0.05, 0) is 30.3 Å². The molecule has 8 nitrogen and oxygen atoms in total. The van der Waals surface area contributed by atoms with Crippen molar-refractivity contribution in [1.82, 2.24) is 0 Å². The Hall–Kier alpha value is -1.52. The molecule has 0 radical (unpaired) electrons. The lowest BCUT2D eigenvalue weighted by atomic mass is 10.2. The number of nitrogens with zero attached hydrogens (tertiary/aromatic N) is 1. The molecule has 0 aromatic heterocycles. The van der Waals surface area contributed by atoms with E-state index in [4.69, 9.17) is 23.4 Å². The van der Waals surface area contributed by atoms with E-state index >= 15 is 0 Å². The fourth-order valence-corrected chi connectivity index (χ4v) is 3.02. The lowest BCUT2D eigenvalue weighted by molar-refractivity contribution is -0.384. The van der Waals surface area contributed by atoms with Crippen LogP contribution in [0.2, 0.25) is 18.1 Å². The zero-order chi connectivity index (χ0) is 21.8. The molecule has 0 aliphatic carbocycles. The molecule has 0 saturated heterocycles. The molecule has 0 bridgehead atoms. The second-order valence-corrected chi connectivity index (χ2v) is 12.9. The van der Waals surface area contributed by atoms with E-state index in [1.54, 1.807) is 12.1 Å². The van der Waals surface area contributed by atoms with Crippen LogP contribution in [-0.2, 0) is 18.6 Å². The molecular formula is C20H35NO7Si. The van der Waals surface area contributed by atoms with E-state index in [9.17, 15) is 10.1 Å². The number of hydrogen-bond donors (Lipinski definition) is 0. The van der Waals surface area contributed by atoms with Crippen molar-refractivity contribution in [3.63, 3.8) is 0 Å². The highest BCUT2D eigenvalue weighted by molar-refractivity contribution is 6.74. The molecule has 0 unspecified atom stereocenters. The maximum atomic E-state index is 10.6. The average molecular weight is 430 g/mol. The molecule has 1 aromatic carbocycles. The summed E-state index contributed by atoms with van der Waals surface area (Å²) in [5.74, 6) is 0.574. The number of nitro groups is 1. The lowest BCUT2D eigenvalue weighted by Gasteiger charge is -2.36. The van der Waals surface area contributed by atoms with Gasteiger partial charge in [-0.15, -0.1) is 0 Å². The van der Waals surface area contributed by atoms with Crippen molar-refractivity contribution in [3.8, 4) is 5.75 Å². The van der Waals surface area contributed by atoms with Crippen molar-refractivity contribution in [2.24, 2.45) is 0 Å². The van der Waals surface area contributed by atoms with Crippen LogP contribution in [-0.4, -0.2) is 66.1 Å². The van der Waals surface area contributed by atoms with Gasteiger partial charge in [0.25, 0.3) is 5.69 Å². The van der Waals surface area contributed by atoms with Crippen LogP contribution in [0, 0.1) is 10.1 Å². The zero-order valence-corrected chi connectivity index (χ0v) is 19.3. The van der Waals surface area contributed by atoms with Crippen LogP contribution in [0.5, 0.6) is 5.75 Å². The highest BCUT2D eigenvalue weighted by atomic mass is 28.4. The normalized spacial score (nSPS) is 12.2. The second-order valence-electron chi connectivity index (χ2n) is 8.05. The van der Waals surface area contributed by atoms with Crippen molar-refractivity contribution in [2.75, 3.05) is 52.9 Å². The van der Waals surface area contributed by atoms with Gasteiger partial charge >= 0.3 is 0 Å². The third-order valence-corrected chi connectivity index (χ3v) is 9.32. The van der Waals surface area contributed by atoms with E-state index in [-0.39, 0.29) is 10.7 Å². The van der Waals surface area contributed by atoms with Crippen LogP contribution in [0.15, 0.2) is 24.3 Å². The smallest absolute Gasteiger partial charge is 0.269 e. The van der Waals surface area contributed by atoms with Crippen LogP contribution in [0.4, 0.5) is 5.69 Å². The molecule has 9 heteroatoms. The summed E-state index contributed by atoms with van der Waals surface area (Å²) in [4.78, 5) is 10.1. The molecular weight excluding hydrogens is 394 g/mol. The minimum Gasteiger partial charge on any atom is -0.491 e. The van der Waals surface area contributed by atoms with Gasteiger partial charge in [-0.3, -0.25) is 10.1 Å². The molecule has 0 heterocycles. The first-order chi connectivity index (χ1) is 13.6. The van der Waals surface area contributed by atoms with Crippen LogP contribution < -0.4 is 4.74 Å². The fourth-order valence-electron chi connectivity index (χ4n) is 2.00. The van der Waals surface area contributed by atoms with Crippen molar-refractivity contribution in [3.05, 3.63) is 34.4 Å². The standard InChI is InChI=1S/C20H35NO7Si/c1-20(2,3)29(4,5)28-17-15-26-13-11-24-10-12-25-14-16-27-19-8-6-18(7-9-19)21(22)23/h6-9H,10-17H2,1-5H3. The van der Waals surface area contributed by atoms with Crippen molar-refractivity contribution < 1.29 is 28.3 Å². The van der Waals surface area contributed by atoms with E-state index < -0.39 is 13.2 Å². The summed E-state index contributed by atoms with van der Waals surface area (Å²) in [6.45, 7) is 15.1. The predicted octanol–water partition coefficient (Wildman–Crippen LogP) is 4.05. The van der Waals surface area contributed by atoms with Gasteiger partial charge in [0, 0.05) is 12.1 Å². The first kappa shape index (κ1) is 25.5. The third kappa shape index (κ3) is 10.7. The zero-order valence-electron chi connectivity index (χ0n) is 18.3. The maximum absolute atomic E-state index is 10.6. The summed E-state index contributed by atoms with van der Waals surface area (Å²) < 4.78 is 27.9. The van der Waals surface area contributed by atoms with Gasteiger partial charge in [-0.1, -0.05) is 20.8 Å². The number of rotatable bonds is 15. The third-order valence-electron chi connectivity index (χ3n) is 4.78. The van der Waals surface area contributed by atoms with Crippen LogP contribution in [0.3, 0.4) is 0 Å². The lowest BCUT2D eigenvalue weighted by Crippen LogP contribution is -2.41. The Bertz CT molecular complexity index is 587. The fraction of sp³-hybridized carbons (Fsp3) is 0.700. The van der Waals surface area contributed by atoms with E-state index in [2.05, 4.69) is 33.9 Å². The highest BCUT2D eigenvalue weighted by Crippen LogP contribution is 2.36. The molecule has 166 valence electrons. The highest BCUT2D eigenvalue weighted by Gasteiger charge is 2.36. The van der Waals surface area contributed by atoms with Gasteiger partial charge in [-0.25, -0.2) is 0 Å². The molecule has 0 fully saturated rings. The van der Waals surface area contributed by atoms with Gasteiger partial charge in [0.1, 0.15) is 12.4 Å². The molecule has 0 aliphatic rings. The Labute approximate surface area is 174 Å². The summed E-state index contributed by atoms with van der Waals surface area (Å²) in [6, 6.07) is 5.95. The molecule has 0 spiro atoms. The summed E-state index contributed by atoms with van der Waals surface area (Å²) in [6.07, 6.45) is 0. The summed E-state index contributed by atoms with van der Waals surface area (Å²) >= 11 is 0. The molecule has 29 heavy (non-hydrogen) atoms. The predicted molar refractivity (Wildman–Crippen MR) is 114 cm³/mol. The van der Waals surface area contributed by atoms with Gasteiger partial charge < -0.3 is 23.4 Å². The Morgan fingerprint density at radius 2 is 1.28 bits per heavy atom. The summed E-state index contributed by atoms with van der Waals surface area (Å²) in [5.41, 5.74) is 0.0397. The van der Waals surface area contributed by atoms with Crippen molar-refractivity contribution in [2.45, 2.75) is 38.9 Å². The topological polar surface area (TPSA) is 89.3 Å². The van der Waals surface area contributed by atoms with Crippen molar-refractivity contribution >= 4 is 14.0 Å². The number of benzene rings is 1. The van der Waals surface area contributed by atoms with Crippen LogP contribution in [0.1, 0.15) is 20.8 Å². The van der Waals surface area contributed by atoms with Gasteiger partial charge in [0.15, 0.2) is 8.32 Å². The van der Waals surface area contributed by atoms with E-state index in [0.29, 0.717) is 58.6 Å². The minimum atomic E-state index is -1.70. The Morgan fingerprint density at radius 3 is 1.72 bits per heavy atom. The summed E-state index contributed by atoms with van der Waals surface area (Å²) in [5, 5.41) is 10.8. The number of non-ortho nitro benzene ring substituents is 1. The first-order valence-corrected chi connectivity index (χ1v) is 12.8. The first-order valence-electron chi connectivity index (χ1n) is 9.88. The molecule has 1 aromatic rings. The summed E-state index contributed by atoms with van der Waals surface area (Å²) in [7, 11) is -1.70. The Morgan fingerprint density at radius 1 is 0.828 bits per heavy atom. The number of ether oxygens (including phenoxy) is 4. The van der Waals surface area contributed by atoms with Crippen LogP contribution >= 0.6 is 0 Å². The van der Waals surface area contributed by atoms with Gasteiger partial charge in [-0.2, -0.15) is 0 Å². The average Bonchev–Trinajstić information content (AvgIpc) is 2.64.